The lowest BCUT2D eigenvalue weighted by Gasteiger charge is -2.11. The zero-order valence-corrected chi connectivity index (χ0v) is 11.8. The number of aromatic amines is 1. The largest absolute Gasteiger partial charge is 0.399 e. The third-order valence-electron chi connectivity index (χ3n) is 3.56. The summed E-state index contributed by atoms with van der Waals surface area (Å²) >= 11 is 0. The number of H-pyrrole nitrogens is 1. The van der Waals surface area contributed by atoms with Gasteiger partial charge in [0.1, 0.15) is 0 Å². The molecule has 0 aliphatic carbocycles. The van der Waals surface area contributed by atoms with Gasteiger partial charge in [-0.05, 0) is 35.4 Å². The van der Waals surface area contributed by atoms with Crippen molar-refractivity contribution in [3.63, 3.8) is 0 Å². The number of rotatable bonds is 3. The molecule has 1 aromatic heterocycles. The number of hydrogen-bond acceptors (Lipinski definition) is 4. The van der Waals surface area contributed by atoms with Crippen LogP contribution in [-0.4, -0.2) is 17.2 Å². The molecule has 2 aromatic carbocycles. The predicted molar refractivity (Wildman–Crippen MR) is 88.7 cm³/mol. The van der Waals surface area contributed by atoms with Gasteiger partial charge in [0.2, 0.25) is 0 Å². The Morgan fingerprint density at radius 3 is 2.62 bits per heavy atom. The molecule has 5 nitrogen and oxygen atoms in total. The summed E-state index contributed by atoms with van der Waals surface area (Å²) in [5.74, 6) is 0.502. The number of anilines is 2. The van der Waals surface area contributed by atoms with E-state index in [1.54, 1.807) is 0 Å². The first-order valence-electron chi connectivity index (χ1n) is 6.60. The molecule has 0 aliphatic rings. The average molecular weight is 279 g/mol. The van der Waals surface area contributed by atoms with Crippen molar-refractivity contribution < 1.29 is 0 Å². The highest BCUT2D eigenvalue weighted by Gasteiger charge is 2.08. The Morgan fingerprint density at radius 2 is 1.90 bits per heavy atom. The highest BCUT2D eigenvalue weighted by atomic mass is 15.1. The van der Waals surface area contributed by atoms with Crippen LogP contribution in [0.1, 0.15) is 5.56 Å². The molecule has 0 aliphatic heterocycles. The van der Waals surface area contributed by atoms with Crippen molar-refractivity contribution in [1.29, 1.82) is 0 Å². The van der Waals surface area contributed by atoms with E-state index in [4.69, 9.17) is 11.5 Å². The van der Waals surface area contributed by atoms with Crippen LogP contribution in [0, 0.1) is 0 Å². The van der Waals surface area contributed by atoms with Crippen LogP contribution in [0.5, 0.6) is 0 Å². The number of nitrogens with zero attached hydrogens (tertiary/aromatic N) is 1. The summed E-state index contributed by atoms with van der Waals surface area (Å²) in [6.45, 7) is 3.83. The van der Waals surface area contributed by atoms with E-state index >= 15 is 0 Å². The number of nitrogen functional groups attached to an aromatic ring is 1. The SMILES string of the molecule is C=C(N)c1cc(-c2ccc3[nH]nc(N)c3c2)ccc1NC. The molecular weight excluding hydrogens is 262 g/mol. The van der Waals surface area contributed by atoms with Crippen molar-refractivity contribution in [3.8, 4) is 11.1 Å². The molecule has 0 unspecified atom stereocenters. The van der Waals surface area contributed by atoms with Gasteiger partial charge in [-0.1, -0.05) is 18.7 Å². The lowest BCUT2D eigenvalue weighted by atomic mass is 9.99. The Morgan fingerprint density at radius 1 is 1.19 bits per heavy atom. The Labute approximate surface area is 122 Å². The average Bonchev–Trinajstić information content (AvgIpc) is 2.87. The fourth-order valence-corrected chi connectivity index (χ4v) is 2.42. The summed E-state index contributed by atoms with van der Waals surface area (Å²) in [6, 6.07) is 12.1. The van der Waals surface area contributed by atoms with Gasteiger partial charge in [0, 0.05) is 29.4 Å². The molecule has 0 fully saturated rings. The van der Waals surface area contributed by atoms with E-state index in [9.17, 15) is 0 Å². The van der Waals surface area contributed by atoms with Crippen LogP contribution in [-0.2, 0) is 0 Å². The molecule has 0 spiro atoms. The van der Waals surface area contributed by atoms with Crippen molar-refractivity contribution in [2.75, 3.05) is 18.1 Å². The summed E-state index contributed by atoms with van der Waals surface area (Å²) < 4.78 is 0. The topological polar surface area (TPSA) is 92.8 Å². The summed E-state index contributed by atoms with van der Waals surface area (Å²) in [6.07, 6.45) is 0. The number of benzene rings is 2. The first-order valence-corrected chi connectivity index (χ1v) is 6.60. The zero-order valence-electron chi connectivity index (χ0n) is 11.8. The maximum atomic E-state index is 5.87. The molecule has 3 aromatic rings. The summed E-state index contributed by atoms with van der Waals surface area (Å²) in [7, 11) is 1.86. The summed E-state index contributed by atoms with van der Waals surface area (Å²) in [5, 5.41) is 10.9. The molecule has 0 atom stereocenters. The van der Waals surface area contributed by atoms with Crippen molar-refractivity contribution >= 4 is 28.1 Å². The standard InChI is InChI=1S/C16H17N5/c1-9(17)12-7-10(3-5-14(12)19-2)11-4-6-15-13(8-11)16(18)21-20-15/h3-8,19H,1,17H2,2H3,(H3,18,20,21). The fraction of sp³-hybridized carbons (Fsp3) is 0.0625. The van der Waals surface area contributed by atoms with Gasteiger partial charge in [-0.2, -0.15) is 5.10 Å². The quantitative estimate of drug-likeness (QED) is 0.593. The zero-order chi connectivity index (χ0) is 15.0. The second-order valence-corrected chi connectivity index (χ2v) is 4.90. The van der Waals surface area contributed by atoms with Crippen LogP contribution in [0.15, 0.2) is 43.0 Å². The minimum Gasteiger partial charge on any atom is -0.399 e. The van der Waals surface area contributed by atoms with Crippen LogP contribution in [0.25, 0.3) is 27.7 Å². The highest BCUT2D eigenvalue weighted by Crippen LogP contribution is 2.30. The Bertz CT molecular complexity index is 832. The molecule has 1 heterocycles. The molecule has 3 rings (SSSR count). The fourth-order valence-electron chi connectivity index (χ4n) is 2.42. The van der Waals surface area contributed by atoms with E-state index in [2.05, 4.69) is 22.1 Å². The van der Waals surface area contributed by atoms with Crippen molar-refractivity contribution in [3.05, 3.63) is 48.5 Å². The molecule has 0 saturated heterocycles. The van der Waals surface area contributed by atoms with Gasteiger partial charge in [0.05, 0.1) is 5.52 Å². The molecule has 0 radical (unpaired) electrons. The monoisotopic (exact) mass is 279 g/mol. The van der Waals surface area contributed by atoms with Crippen molar-refractivity contribution in [2.45, 2.75) is 0 Å². The molecule has 0 saturated carbocycles. The molecule has 106 valence electrons. The second-order valence-electron chi connectivity index (χ2n) is 4.90. The summed E-state index contributed by atoms with van der Waals surface area (Å²) in [4.78, 5) is 0. The number of aromatic nitrogens is 2. The van der Waals surface area contributed by atoms with E-state index in [1.807, 2.05) is 43.4 Å². The predicted octanol–water partition coefficient (Wildman–Crippen LogP) is 2.78. The van der Waals surface area contributed by atoms with Gasteiger partial charge >= 0.3 is 0 Å². The molecular formula is C16H17N5. The van der Waals surface area contributed by atoms with Crippen LogP contribution in [0.2, 0.25) is 0 Å². The van der Waals surface area contributed by atoms with E-state index in [-0.39, 0.29) is 0 Å². The van der Waals surface area contributed by atoms with Gasteiger partial charge in [-0.15, -0.1) is 0 Å². The highest BCUT2D eigenvalue weighted by molar-refractivity contribution is 5.92. The van der Waals surface area contributed by atoms with E-state index < -0.39 is 0 Å². The van der Waals surface area contributed by atoms with E-state index in [0.717, 1.165) is 33.3 Å². The Balaban J connectivity index is 2.15. The minimum absolute atomic E-state index is 0.502. The van der Waals surface area contributed by atoms with Crippen LogP contribution in [0.4, 0.5) is 11.5 Å². The van der Waals surface area contributed by atoms with Crippen molar-refractivity contribution in [2.24, 2.45) is 5.73 Å². The number of hydrogen-bond donors (Lipinski definition) is 4. The van der Waals surface area contributed by atoms with E-state index in [1.165, 1.54) is 0 Å². The summed E-state index contributed by atoms with van der Waals surface area (Å²) in [5.41, 5.74) is 17.1. The Hall–Kier alpha value is -2.95. The van der Waals surface area contributed by atoms with Crippen LogP contribution < -0.4 is 16.8 Å². The maximum Gasteiger partial charge on any atom is 0.153 e. The smallest absolute Gasteiger partial charge is 0.153 e. The van der Waals surface area contributed by atoms with Gasteiger partial charge < -0.3 is 16.8 Å². The van der Waals surface area contributed by atoms with E-state index in [0.29, 0.717) is 11.5 Å². The first-order chi connectivity index (χ1) is 10.1. The number of nitrogens with one attached hydrogen (secondary N) is 2. The lowest BCUT2D eigenvalue weighted by Crippen LogP contribution is -2.00. The van der Waals surface area contributed by atoms with Crippen molar-refractivity contribution in [1.82, 2.24) is 10.2 Å². The Kier molecular flexibility index (Phi) is 3.02. The number of fused-ring (bicyclic) bond motifs is 1. The van der Waals surface area contributed by atoms with Crippen LogP contribution in [0.3, 0.4) is 0 Å². The maximum absolute atomic E-state index is 5.87. The minimum atomic E-state index is 0.502. The number of nitrogens with two attached hydrogens (primary N) is 2. The molecule has 21 heavy (non-hydrogen) atoms. The first kappa shape index (κ1) is 13.1. The third kappa shape index (κ3) is 2.18. The van der Waals surface area contributed by atoms with Gasteiger partial charge in [0.15, 0.2) is 5.82 Å². The molecule has 5 heteroatoms. The lowest BCUT2D eigenvalue weighted by molar-refractivity contribution is 1.13. The molecule has 6 N–H and O–H groups in total. The molecule has 0 bridgehead atoms. The van der Waals surface area contributed by atoms with Gasteiger partial charge in [-0.3, -0.25) is 5.10 Å². The molecule has 0 amide bonds. The third-order valence-corrected chi connectivity index (χ3v) is 3.56. The second kappa shape index (κ2) is 4.86. The normalized spacial score (nSPS) is 10.7. The van der Waals surface area contributed by atoms with Gasteiger partial charge in [-0.25, -0.2) is 0 Å². The van der Waals surface area contributed by atoms with Crippen LogP contribution >= 0.6 is 0 Å². The van der Waals surface area contributed by atoms with Gasteiger partial charge in [0.25, 0.3) is 0 Å².